The predicted octanol–water partition coefficient (Wildman–Crippen LogP) is 4.59. The van der Waals surface area contributed by atoms with Crippen molar-refractivity contribution >= 4 is 17.4 Å². The maximum absolute atomic E-state index is 12.5. The van der Waals surface area contributed by atoms with E-state index in [1.54, 1.807) is 31.2 Å². The van der Waals surface area contributed by atoms with Crippen LogP contribution in [-0.4, -0.2) is 16.0 Å². The van der Waals surface area contributed by atoms with Gasteiger partial charge in [0.2, 0.25) is 0 Å². The zero-order chi connectivity index (χ0) is 15.4. The molecule has 112 valence electrons. The van der Waals surface area contributed by atoms with Crippen molar-refractivity contribution in [2.45, 2.75) is 23.6 Å². The Morgan fingerprint density at radius 3 is 2.52 bits per heavy atom. The van der Waals surface area contributed by atoms with Crippen LogP contribution in [0.2, 0.25) is 0 Å². The van der Waals surface area contributed by atoms with Crippen molar-refractivity contribution in [3.05, 3.63) is 48.0 Å². The van der Waals surface area contributed by atoms with Gasteiger partial charge in [0.25, 0.3) is 5.76 Å². The summed E-state index contributed by atoms with van der Waals surface area (Å²) < 4.78 is 25.1. The largest absolute Gasteiger partial charge is 0.508 e. The monoisotopic (exact) mass is 311 g/mol. The first-order chi connectivity index (χ1) is 9.97. The molecule has 0 aliphatic heterocycles. The van der Waals surface area contributed by atoms with Gasteiger partial charge in [-0.05, 0) is 37.3 Å². The summed E-state index contributed by atoms with van der Waals surface area (Å²) >= 11 is 0.462. The van der Waals surface area contributed by atoms with Crippen molar-refractivity contribution < 1.29 is 19.0 Å². The summed E-state index contributed by atoms with van der Waals surface area (Å²) in [6.07, 6.45) is 0. The summed E-state index contributed by atoms with van der Waals surface area (Å²) in [5, 5.41) is 22.4. The number of nitrogens with one attached hydrogen (secondary N) is 1. The first kappa shape index (κ1) is 15.4. The van der Waals surface area contributed by atoms with Crippen molar-refractivity contribution in [2.75, 3.05) is 5.32 Å². The van der Waals surface area contributed by atoms with Gasteiger partial charge >= 0.3 is 0 Å². The fourth-order valence-electron chi connectivity index (χ4n) is 1.98. The highest BCUT2D eigenvalue weighted by atomic mass is 32.2. The molecule has 3 nitrogen and oxygen atoms in total. The summed E-state index contributed by atoms with van der Waals surface area (Å²) in [5.74, 6) is -2.43. The van der Waals surface area contributed by atoms with Gasteiger partial charge < -0.3 is 15.5 Å². The number of hydrogen-bond donors (Lipinski definition) is 3. The van der Waals surface area contributed by atoms with Crippen molar-refractivity contribution in [1.82, 2.24) is 0 Å². The lowest BCUT2D eigenvalue weighted by atomic mass is 10.1. The third-order valence-electron chi connectivity index (χ3n) is 2.95. The Kier molecular flexibility index (Phi) is 4.90. The SMILES string of the molecule is CC(Nc1ccccc1SC(F)F)c1cc(O)ccc1O. The molecule has 0 aliphatic rings. The van der Waals surface area contributed by atoms with Crippen LogP contribution in [0.25, 0.3) is 0 Å². The molecule has 0 aromatic heterocycles. The quantitative estimate of drug-likeness (QED) is 0.558. The number of thioether (sulfide) groups is 1. The Labute approximate surface area is 125 Å². The molecule has 1 unspecified atom stereocenters. The maximum Gasteiger partial charge on any atom is 0.288 e. The van der Waals surface area contributed by atoms with E-state index in [9.17, 15) is 19.0 Å². The molecule has 0 saturated carbocycles. The fourth-order valence-corrected chi connectivity index (χ4v) is 2.59. The second kappa shape index (κ2) is 6.67. The smallest absolute Gasteiger partial charge is 0.288 e. The first-order valence-electron chi connectivity index (χ1n) is 6.29. The number of benzene rings is 2. The van der Waals surface area contributed by atoms with Crippen molar-refractivity contribution in [3.63, 3.8) is 0 Å². The Bertz CT molecular complexity index is 622. The molecule has 0 amide bonds. The third-order valence-corrected chi connectivity index (χ3v) is 3.74. The van der Waals surface area contributed by atoms with Crippen LogP contribution < -0.4 is 5.32 Å². The van der Waals surface area contributed by atoms with E-state index in [-0.39, 0.29) is 17.5 Å². The minimum atomic E-state index is -2.50. The molecule has 6 heteroatoms. The highest BCUT2D eigenvalue weighted by Crippen LogP contribution is 2.35. The number of phenols is 2. The maximum atomic E-state index is 12.5. The molecule has 2 rings (SSSR count). The number of para-hydroxylation sites is 1. The lowest BCUT2D eigenvalue weighted by Gasteiger charge is -2.19. The second-order valence-corrected chi connectivity index (χ2v) is 5.52. The minimum absolute atomic E-state index is 0.0340. The van der Waals surface area contributed by atoms with Gasteiger partial charge in [-0.3, -0.25) is 0 Å². The molecule has 3 N–H and O–H groups in total. The number of aromatic hydroxyl groups is 2. The van der Waals surface area contributed by atoms with Crippen LogP contribution in [0.4, 0.5) is 14.5 Å². The molecule has 0 radical (unpaired) electrons. The topological polar surface area (TPSA) is 52.5 Å². The molecule has 0 spiro atoms. The van der Waals surface area contributed by atoms with Gasteiger partial charge in [-0.15, -0.1) is 0 Å². The Hall–Kier alpha value is -1.95. The highest BCUT2D eigenvalue weighted by Gasteiger charge is 2.15. The number of halogens is 2. The number of phenolic OH excluding ortho intramolecular Hbond substituents is 2. The van der Waals surface area contributed by atoms with Crippen molar-refractivity contribution in [3.8, 4) is 11.5 Å². The average molecular weight is 311 g/mol. The average Bonchev–Trinajstić information content (AvgIpc) is 2.43. The second-order valence-electron chi connectivity index (χ2n) is 4.48. The third kappa shape index (κ3) is 4.01. The number of rotatable bonds is 5. The molecular formula is C15H15F2NO2S. The molecule has 2 aromatic rings. The summed E-state index contributed by atoms with van der Waals surface area (Å²) in [5.41, 5.74) is 1.05. The van der Waals surface area contributed by atoms with Crippen LogP contribution >= 0.6 is 11.8 Å². The molecule has 0 bridgehead atoms. The Morgan fingerprint density at radius 2 is 1.81 bits per heavy atom. The predicted molar refractivity (Wildman–Crippen MR) is 80.1 cm³/mol. The normalized spacial score (nSPS) is 12.4. The van der Waals surface area contributed by atoms with Gasteiger partial charge in [0.15, 0.2) is 0 Å². The van der Waals surface area contributed by atoms with E-state index in [0.717, 1.165) is 0 Å². The van der Waals surface area contributed by atoms with Crippen LogP contribution in [-0.2, 0) is 0 Å². The molecular weight excluding hydrogens is 296 g/mol. The van der Waals surface area contributed by atoms with Crippen molar-refractivity contribution in [2.24, 2.45) is 0 Å². The van der Waals surface area contributed by atoms with Gasteiger partial charge in [0.05, 0.1) is 6.04 Å². The van der Waals surface area contributed by atoms with E-state index in [1.165, 1.54) is 18.2 Å². The van der Waals surface area contributed by atoms with Crippen LogP contribution in [0.5, 0.6) is 11.5 Å². The van der Waals surface area contributed by atoms with Gasteiger partial charge in [0.1, 0.15) is 11.5 Å². The van der Waals surface area contributed by atoms with E-state index < -0.39 is 5.76 Å². The van der Waals surface area contributed by atoms with Crippen LogP contribution in [0, 0.1) is 0 Å². The Morgan fingerprint density at radius 1 is 1.10 bits per heavy atom. The first-order valence-corrected chi connectivity index (χ1v) is 7.17. The van der Waals surface area contributed by atoms with Crippen LogP contribution in [0.3, 0.4) is 0 Å². The number of hydrogen-bond acceptors (Lipinski definition) is 4. The molecule has 1 atom stereocenters. The van der Waals surface area contributed by atoms with Crippen LogP contribution in [0.1, 0.15) is 18.5 Å². The number of alkyl halides is 2. The summed E-state index contributed by atoms with van der Waals surface area (Å²) in [7, 11) is 0. The lowest BCUT2D eigenvalue weighted by molar-refractivity contribution is 0.252. The van der Waals surface area contributed by atoms with E-state index in [2.05, 4.69) is 5.32 Å². The van der Waals surface area contributed by atoms with Gasteiger partial charge in [-0.25, -0.2) is 0 Å². The highest BCUT2D eigenvalue weighted by molar-refractivity contribution is 7.99. The molecule has 0 saturated heterocycles. The van der Waals surface area contributed by atoms with E-state index in [0.29, 0.717) is 27.9 Å². The lowest BCUT2D eigenvalue weighted by Crippen LogP contribution is -2.07. The molecule has 2 aromatic carbocycles. The Balaban J connectivity index is 2.23. The van der Waals surface area contributed by atoms with E-state index >= 15 is 0 Å². The van der Waals surface area contributed by atoms with E-state index in [4.69, 9.17) is 0 Å². The molecule has 0 heterocycles. The summed E-state index contributed by atoms with van der Waals surface area (Å²) in [6, 6.07) is 10.6. The minimum Gasteiger partial charge on any atom is -0.508 e. The van der Waals surface area contributed by atoms with E-state index in [1.807, 2.05) is 0 Å². The van der Waals surface area contributed by atoms with Gasteiger partial charge in [-0.1, -0.05) is 23.9 Å². The van der Waals surface area contributed by atoms with Crippen molar-refractivity contribution in [1.29, 1.82) is 0 Å². The zero-order valence-electron chi connectivity index (χ0n) is 11.3. The standard InChI is InChI=1S/C15H15F2NO2S/c1-9(11-8-10(19)6-7-13(11)20)18-12-4-2-3-5-14(12)21-15(16)17/h2-9,15,18-20H,1H3. The zero-order valence-corrected chi connectivity index (χ0v) is 12.1. The summed E-state index contributed by atoms with van der Waals surface area (Å²) in [4.78, 5) is 0.430. The number of anilines is 1. The molecule has 0 aliphatic carbocycles. The molecule has 0 fully saturated rings. The summed E-state index contributed by atoms with van der Waals surface area (Å²) in [6.45, 7) is 1.78. The fraction of sp³-hybridized carbons (Fsp3) is 0.200. The van der Waals surface area contributed by atoms with Gasteiger partial charge in [0, 0.05) is 16.1 Å². The molecule has 21 heavy (non-hydrogen) atoms. The van der Waals surface area contributed by atoms with Gasteiger partial charge in [-0.2, -0.15) is 8.78 Å². The van der Waals surface area contributed by atoms with Crippen LogP contribution in [0.15, 0.2) is 47.4 Å².